The van der Waals surface area contributed by atoms with Crippen molar-refractivity contribution in [1.82, 2.24) is 20.5 Å². The fraction of sp³-hybridized carbons (Fsp3) is 0.421. The lowest BCUT2D eigenvalue weighted by molar-refractivity contribution is 0.0947. The van der Waals surface area contributed by atoms with E-state index in [9.17, 15) is 9.59 Å². The van der Waals surface area contributed by atoms with Gasteiger partial charge in [-0.1, -0.05) is 0 Å². The minimum Gasteiger partial charge on any atom is -0.366 e. The van der Waals surface area contributed by atoms with Gasteiger partial charge in [-0.2, -0.15) is 5.10 Å². The van der Waals surface area contributed by atoms with Crippen LogP contribution in [0.5, 0.6) is 0 Å². The second-order valence-corrected chi connectivity index (χ2v) is 7.49. The Hall–Kier alpha value is -3.23. The molecule has 144 valence electrons. The SMILES string of the molecule is O=C(NCC1CC1)c1ccc2c(n1)N(C(=O)Nc1cccnn1)[C@H]1CCN2C1. The average molecular weight is 379 g/mol. The minimum absolute atomic E-state index is 0.0152. The first-order valence-corrected chi connectivity index (χ1v) is 9.61. The first-order valence-electron chi connectivity index (χ1n) is 9.61. The van der Waals surface area contributed by atoms with E-state index in [-0.39, 0.29) is 18.0 Å². The van der Waals surface area contributed by atoms with Gasteiger partial charge in [-0.25, -0.2) is 9.78 Å². The van der Waals surface area contributed by atoms with Crippen molar-refractivity contribution in [3.05, 3.63) is 36.2 Å². The predicted molar refractivity (Wildman–Crippen MR) is 103 cm³/mol. The summed E-state index contributed by atoms with van der Waals surface area (Å²) in [6.07, 6.45) is 4.75. The molecule has 3 aliphatic rings. The molecule has 2 aromatic heterocycles. The zero-order valence-electron chi connectivity index (χ0n) is 15.3. The van der Waals surface area contributed by atoms with E-state index >= 15 is 0 Å². The smallest absolute Gasteiger partial charge is 0.329 e. The Morgan fingerprint density at radius 2 is 2.07 bits per heavy atom. The minimum atomic E-state index is -0.309. The Kier molecular flexibility index (Phi) is 4.07. The highest BCUT2D eigenvalue weighted by molar-refractivity contribution is 6.04. The molecule has 2 bridgehead atoms. The molecule has 2 aromatic rings. The van der Waals surface area contributed by atoms with Crippen LogP contribution in [0.3, 0.4) is 0 Å². The molecule has 4 heterocycles. The Bertz CT molecular complexity index is 916. The van der Waals surface area contributed by atoms with Gasteiger partial charge in [0.05, 0.1) is 11.7 Å². The number of carbonyl (C=O) groups excluding carboxylic acids is 2. The van der Waals surface area contributed by atoms with Crippen LogP contribution in [0, 0.1) is 5.92 Å². The maximum Gasteiger partial charge on any atom is 0.329 e. The van der Waals surface area contributed by atoms with Crippen molar-refractivity contribution >= 4 is 29.3 Å². The number of aromatic nitrogens is 3. The summed E-state index contributed by atoms with van der Waals surface area (Å²) in [6, 6.07) is 6.73. The van der Waals surface area contributed by atoms with E-state index in [0.29, 0.717) is 29.8 Å². The maximum atomic E-state index is 13.0. The van der Waals surface area contributed by atoms with Gasteiger partial charge in [-0.05, 0) is 49.4 Å². The molecule has 2 fully saturated rings. The van der Waals surface area contributed by atoms with E-state index in [0.717, 1.165) is 25.2 Å². The molecule has 0 aromatic carbocycles. The summed E-state index contributed by atoms with van der Waals surface area (Å²) in [6.45, 7) is 2.31. The lowest BCUT2D eigenvalue weighted by atomic mass is 10.1. The van der Waals surface area contributed by atoms with Gasteiger partial charge < -0.3 is 10.2 Å². The van der Waals surface area contributed by atoms with Crippen molar-refractivity contribution in [3.8, 4) is 0 Å². The Balaban J connectivity index is 1.43. The Labute approximate surface area is 162 Å². The van der Waals surface area contributed by atoms with Gasteiger partial charge >= 0.3 is 6.03 Å². The van der Waals surface area contributed by atoms with Crippen molar-refractivity contribution in [1.29, 1.82) is 0 Å². The lowest BCUT2D eigenvalue weighted by Gasteiger charge is -2.35. The Morgan fingerprint density at radius 3 is 2.86 bits per heavy atom. The molecule has 1 atom stereocenters. The van der Waals surface area contributed by atoms with Crippen molar-refractivity contribution < 1.29 is 9.59 Å². The summed E-state index contributed by atoms with van der Waals surface area (Å²) in [5, 5.41) is 13.4. The molecule has 5 rings (SSSR count). The highest BCUT2D eigenvalue weighted by Gasteiger charge is 2.40. The van der Waals surface area contributed by atoms with Crippen LogP contribution < -0.4 is 20.4 Å². The van der Waals surface area contributed by atoms with E-state index in [2.05, 4.69) is 30.7 Å². The van der Waals surface area contributed by atoms with E-state index in [1.54, 1.807) is 29.3 Å². The molecule has 2 N–H and O–H groups in total. The second-order valence-electron chi connectivity index (χ2n) is 7.49. The number of anilines is 3. The van der Waals surface area contributed by atoms with Gasteiger partial charge in [-0.3, -0.25) is 15.0 Å². The van der Waals surface area contributed by atoms with Gasteiger partial charge in [0.2, 0.25) is 0 Å². The van der Waals surface area contributed by atoms with Crippen LogP contribution in [0.15, 0.2) is 30.5 Å². The number of rotatable bonds is 4. The summed E-state index contributed by atoms with van der Waals surface area (Å²) in [4.78, 5) is 33.9. The number of hydrogen-bond acceptors (Lipinski definition) is 6. The fourth-order valence-electron chi connectivity index (χ4n) is 3.79. The number of hydrogen-bond donors (Lipinski definition) is 2. The number of fused-ring (bicyclic) bond motifs is 4. The third kappa shape index (κ3) is 3.12. The van der Waals surface area contributed by atoms with Crippen LogP contribution >= 0.6 is 0 Å². The van der Waals surface area contributed by atoms with Crippen LogP contribution in [-0.2, 0) is 0 Å². The van der Waals surface area contributed by atoms with Crippen LogP contribution in [0.4, 0.5) is 22.1 Å². The second kappa shape index (κ2) is 6.74. The van der Waals surface area contributed by atoms with E-state index in [4.69, 9.17) is 0 Å². The van der Waals surface area contributed by atoms with Gasteiger partial charge in [0.15, 0.2) is 11.6 Å². The van der Waals surface area contributed by atoms with Crippen molar-refractivity contribution in [3.63, 3.8) is 0 Å². The maximum absolute atomic E-state index is 13.0. The summed E-state index contributed by atoms with van der Waals surface area (Å²) in [5.74, 6) is 1.30. The highest BCUT2D eigenvalue weighted by atomic mass is 16.2. The number of carbonyl (C=O) groups is 2. The van der Waals surface area contributed by atoms with Crippen molar-refractivity contribution in [2.75, 3.05) is 34.8 Å². The first-order chi connectivity index (χ1) is 13.7. The fourth-order valence-corrected chi connectivity index (χ4v) is 3.79. The van der Waals surface area contributed by atoms with Crippen LogP contribution in [-0.4, -0.2) is 52.8 Å². The molecule has 1 aliphatic carbocycles. The standard InChI is InChI=1S/C19H21N7O2/c27-18(20-10-12-3-4-12)14-5-6-15-17(22-14)26(13-7-9-25(15)11-13)19(28)23-16-2-1-8-21-24-16/h1-2,5-6,8,12-13H,3-4,7,9-11H2,(H,20,27)(H,23,24,28)/t13-/m0/s1. The topological polar surface area (TPSA) is 103 Å². The molecule has 9 heteroatoms. The molecule has 0 radical (unpaired) electrons. The van der Waals surface area contributed by atoms with Crippen LogP contribution in [0.1, 0.15) is 29.8 Å². The number of nitrogens with zero attached hydrogens (tertiary/aromatic N) is 5. The van der Waals surface area contributed by atoms with Crippen LogP contribution in [0.2, 0.25) is 0 Å². The average Bonchev–Trinajstić information content (AvgIpc) is 3.46. The monoisotopic (exact) mass is 379 g/mol. The quantitative estimate of drug-likeness (QED) is 0.837. The van der Waals surface area contributed by atoms with Crippen molar-refractivity contribution in [2.24, 2.45) is 5.92 Å². The van der Waals surface area contributed by atoms with Gasteiger partial charge in [0.1, 0.15) is 5.69 Å². The molecule has 2 aliphatic heterocycles. The molecule has 3 amide bonds. The van der Waals surface area contributed by atoms with E-state index < -0.39 is 0 Å². The predicted octanol–water partition coefficient (Wildman–Crippen LogP) is 1.64. The molecule has 9 nitrogen and oxygen atoms in total. The summed E-state index contributed by atoms with van der Waals surface area (Å²) >= 11 is 0. The van der Waals surface area contributed by atoms with E-state index in [1.165, 1.54) is 12.8 Å². The zero-order valence-corrected chi connectivity index (χ0v) is 15.3. The third-order valence-electron chi connectivity index (χ3n) is 5.46. The Morgan fingerprint density at radius 1 is 1.18 bits per heavy atom. The zero-order chi connectivity index (χ0) is 19.1. The number of amides is 3. The van der Waals surface area contributed by atoms with E-state index in [1.807, 2.05) is 6.07 Å². The molecule has 1 saturated carbocycles. The molecule has 1 saturated heterocycles. The largest absolute Gasteiger partial charge is 0.366 e. The molecule has 28 heavy (non-hydrogen) atoms. The molecular formula is C19H21N7O2. The number of pyridine rings is 1. The molecule has 0 spiro atoms. The molecule has 0 unspecified atom stereocenters. The summed E-state index contributed by atoms with van der Waals surface area (Å²) in [7, 11) is 0. The van der Waals surface area contributed by atoms with Gasteiger partial charge in [0, 0.05) is 25.8 Å². The lowest BCUT2D eigenvalue weighted by Crippen LogP contribution is -2.48. The number of urea groups is 1. The normalized spacial score (nSPS) is 19.9. The number of nitrogens with one attached hydrogen (secondary N) is 2. The van der Waals surface area contributed by atoms with Crippen LogP contribution in [0.25, 0.3) is 0 Å². The van der Waals surface area contributed by atoms with Gasteiger partial charge in [-0.15, -0.1) is 5.10 Å². The highest BCUT2D eigenvalue weighted by Crippen LogP contribution is 2.39. The summed E-state index contributed by atoms with van der Waals surface area (Å²) in [5.41, 5.74) is 1.21. The summed E-state index contributed by atoms with van der Waals surface area (Å²) < 4.78 is 0. The third-order valence-corrected chi connectivity index (χ3v) is 5.46. The van der Waals surface area contributed by atoms with Crippen molar-refractivity contribution in [2.45, 2.75) is 25.3 Å². The molecular weight excluding hydrogens is 358 g/mol. The first kappa shape index (κ1) is 16.9. The van der Waals surface area contributed by atoms with Gasteiger partial charge in [0.25, 0.3) is 5.91 Å².